The molecule has 0 amide bonds. The molecule has 0 aromatic carbocycles. The second kappa shape index (κ2) is 3.55. The fraction of sp³-hybridized carbons (Fsp3) is 1.00. The van der Waals surface area contributed by atoms with Crippen molar-refractivity contribution < 1.29 is 26.5 Å². The zero-order valence-corrected chi connectivity index (χ0v) is 8.48. The molecule has 0 aromatic heterocycles. The molecule has 2 N–H and O–H groups in total. The van der Waals surface area contributed by atoms with Gasteiger partial charge < -0.3 is 0 Å². The fourth-order valence-corrected chi connectivity index (χ4v) is 1.41. The number of hydrogen-bond acceptors (Lipinski definition) is 2. The summed E-state index contributed by atoms with van der Waals surface area (Å²) in [5.74, 6) is 0. The maximum absolute atomic E-state index is 9.27. The maximum atomic E-state index is 9.27. The first-order valence-electron chi connectivity index (χ1n) is 3.01. The van der Waals surface area contributed by atoms with Crippen molar-refractivity contribution in [2.24, 2.45) is 0 Å². The summed E-state index contributed by atoms with van der Waals surface area (Å²) in [5.41, 5.74) is 0. The summed E-state index contributed by atoms with van der Waals surface area (Å²) in [7, 11) is 0. The molecule has 8 heavy (non-hydrogen) atoms. The average molecular weight is 170 g/mol. The van der Waals surface area contributed by atoms with Gasteiger partial charge in [-0.3, -0.25) is 0 Å². The van der Waals surface area contributed by atoms with E-state index in [1.54, 1.807) is 0 Å². The molecule has 0 saturated heterocycles. The standard InChI is InChI=1S/C5H11O.H2O.Zn/c1-3-5(6)4-2;;/h6H,3-4H2,1-2H3;1H2;/q;;+1/p-1. The molecule has 0 aliphatic heterocycles. The van der Waals surface area contributed by atoms with Crippen LogP contribution in [0.1, 0.15) is 26.7 Å². The SMILES string of the molecule is CC[C](O)(CC)[Zn][OH]. The van der Waals surface area contributed by atoms with E-state index in [9.17, 15) is 5.11 Å². The van der Waals surface area contributed by atoms with Crippen molar-refractivity contribution in [1.82, 2.24) is 0 Å². The van der Waals surface area contributed by atoms with Crippen LogP contribution in [0.15, 0.2) is 0 Å². The van der Waals surface area contributed by atoms with Gasteiger partial charge in [-0.15, -0.1) is 0 Å². The van der Waals surface area contributed by atoms with Crippen molar-refractivity contribution >= 4 is 0 Å². The second-order valence-electron chi connectivity index (χ2n) is 2.09. The molecule has 0 rings (SSSR count). The zero-order valence-electron chi connectivity index (χ0n) is 5.52. The molecule has 0 saturated carbocycles. The molecule has 0 atom stereocenters. The molecule has 0 fully saturated rings. The summed E-state index contributed by atoms with van der Waals surface area (Å²) >= 11 is -1.59. The Labute approximate surface area is 57.9 Å². The van der Waals surface area contributed by atoms with Crippen molar-refractivity contribution in [3.05, 3.63) is 0 Å². The van der Waals surface area contributed by atoms with E-state index in [4.69, 9.17) is 3.93 Å². The molecule has 0 spiro atoms. The molecule has 2 nitrogen and oxygen atoms in total. The van der Waals surface area contributed by atoms with Crippen molar-refractivity contribution in [3.8, 4) is 0 Å². The molecular formula is C5H12O2Zn. The average Bonchev–Trinajstić information content (AvgIpc) is 1.87. The van der Waals surface area contributed by atoms with E-state index in [0.717, 1.165) is 0 Å². The minimum atomic E-state index is -1.59. The van der Waals surface area contributed by atoms with Crippen LogP contribution in [0, 0.1) is 0 Å². The van der Waals surface area contributed by atoms with Gasteiger partial charge >= 0.3 is 57.4 Å². The predicted octanol–water partition coefficient (Wildman–Crippen LogP) is 0.485. The van der Waals surface area contributed by atoms with E-state index in [0.29, 0.717) is 12.8 Å². The minimum absolute atomic E-state index is 0.632. The Morgan fingerprint density at radius 2 is 1.75 bits per heavy atom. The van der Waals surface area contributed by atoms with Crippen LogP contribution < -0.4 is 0 Å². The Bertz CT molecular complexity index is 53.2. The Kier molecular flexibility index (Phi) is 3.79. The Balaban J connectivity index is 3.58. The first-order valence-corrected chi connectivity index (χ1v) is 5.83. The van der Waals surface area contributed by atoms with Crippen LogP contribution in [0.5, 0.6) is 0 Å². The summed E-state index contributed by atoms with van der Waals surface area (Å²) in [6.07, 6.45) is 1.42. The van der Waals surface area contributed by atoms with Gasteiger partial charge in [0.15, 0.2) is 0 Å². The van der Waals surface area contributed by atoms with Crippen LogP contribution in [0.25, 0.3) is 0 Å². The fourth-order valence-electron chi connectivity index (χ4n) is 0.474. The summed E-state index contributed by atoms with van der Waals surface area (Å²) in [6, 6.07) is 0. The van der Waals surface area contributed by atoms with E-state index in [-0.39, 0.29) is 0 Å². The third-order valence-corrected chi connectivity index (χ3v) is 4.94. The Morgan fingerprint density at radius 1 is 1.38 bits per heavy atom. The molecule has 0 aromatic rings. The van der Waals surface area contributed by atoms with E-state index in [1.807, 2.05) is 13.8 Å². The van der Waals surface area contributed by atoms with Crippen molar-refractivity contribution in [3.63, 3.8) is 0 Å². The number of rotatable bonds is 3. The zero-order chi connectivity index (χ0) is 6.62. The molecule has 3 heteroatoms. The van der Waals surface area contributed by atoms with Crippen LogP contribution in [-0.2, 0) is 17.5 Å². The van der Waals surface area contributed by atoms with Gasteiger partial charge in [-0.1, -0.05) is 0 Å². The van der Waals surface area contributed by atoms with Gasteiger partial charge in [-0.2, -0.15) is 0 Å². The predicted molar refractivity (Wildman–Crippen MR) is 27.8 cm³/mol. The van der Waals surface area contributed by atoms with Gasteiger partial charge in [0.05, 0.1) is 0 Å². The van der Waals surface area contributed by atoms with E-state index < -0.39 is 21.7 Å². The Morgan fingerprint density at radius 3 is 1.75 bits per heavy atom. The normalized spacial score (nSPS) is 11.0. The molecule has 46 valence electrons. The van der Waals surface area contributed by atoms with E-state index >= 15 is 0 Å². The van der Waals surface area contributed by atoms with Crippen LogP contribution in [0.2, 0.25) is 0 Å². The van der Waals surface area contributed by atoms with E-state index in [1.165, 1.54) is 0 Å². The van der Waals surface area contributed by atoms with Gasteiger partial charge in [-0.25, -0.2) is 0 Å². The van der Waals surface area contributed by atoms with Crippen molar-refractivity contribution in [1.29, 1.82) is 0 Å². The van der Waals surface area contributed by atoms with Gasteiger partial charge in [0.2, 0.25) is 0 Å². The van der Waals surface area contributed by atoms with Crippen LogP contribution in [0.4, 0.5) is 0 Å². The molecule has 0 unspecified atom stereocenters. The van der Waals surface area contributed by atoms with E-state index in [2.05, 4.69) is 0 Å². The summed E-state index contributed by atoms with van der Waals surface area (Å²) in [4.78, 5) is 0. The van der Waals surface area contributed by atoms with Gasteiger partial charge in [0.1, 0.15) is 0 Å². The second-order valence-corrected chi connectivity index (χ2v) is 5.51. The summed E-state index contributed by atoms with van der Waals surface area (Å²) in [6.45, 7) is 3.82. The summed E-state index contributed by atoms with van der Waals surface area (Å²) < 4.78 is 8.09. The molecule has 0 aliphatic rings. The third kappa shape index (κ3) is 2.21. The topological polar surface area (TPSA) is 40.5 Å². The molecule has 0 aliphatic carbocycles. The van der Waals surface area contributed by atoms with Crippen LogP contribution >= 0.6 is 0 Å². The third-order valence-electron chi connectivity index (χ3n) is 1.61. The molecule has 0 heterocycles. The van der Waals surface area contributed by atoms with Gasteiger partial charge in [0, 0.05) is 0 Å². The Hall–Kier alpha value is 0.543. The van der Waals surface area contributed by atoms with Crippen molar-refractivity contribution in [2.45, 2.75) is 30.9 Å². The quantitative estimate of drug-likeness (QED) is 0.604. The first-order chi connectivity index (χ1) is 3.68. The number of aliphatic hydroxyl groups is 1. The van der Waals surface area contributed by atoms with Crippen LogP contribution in [0.3, 0.4) is 0 Å². The molecule has 0 bridgehead atoms. The first kappa shape index (κ1) is 8.54. The molecular weight excluding hydrogens is 157 g/mol. The van der Waals surface area contributed by atoms with Crippen molar-refractivity contribution in [2.75, 3.05) is 0 Å². The number of hydrogen-bond donors (Lipinski definition) is 2. The van der Waals surface area contributed by atoms with Gasteiger partial charge in [-0.05, 0) is 0 Å². The van der Waals surface area contributed by atoms with Gasteiger partial charge in [0.25, 0.3) is 0 Å². The molecule has 0 radical (unpaired) electrons. The summed E-state index contributed by atoms with van der Waals surface area (Å²) in [5, 5.41) is 9.27. The monoisotopic (exact) mass is 168 g/mol. The van der Waals surface area contributed by atoms with Crippen LogP contribution in [-0.4, -0.2) is 13.2 Å².